The highest BCUT2D eigenvalue weighted by atomic mass is 16.4. The molecule has 0 aliphatic heterocycles. The summed E-state index contributed by atoms with van der Waals surface area (Å²) in [6.45, 7) is 10.6. The van der Waals surface area contributed by atoms with Gasteiger partial charge < -0.3 is 10.2 Å². The van der Waals surface area contributed by atoms with Crippen molar-refractivity contribution in [3.8, 4) is 0 Å². The Morgan fingerprint density at radius 1 is 1.25 bits per heavy atom. The maximum Gasteiger partial charge on any atom is 0.328 e. The molecule has 1 aliphatic carbocycles. The quantitative estimate of drug-likeness (QED) is 0.542. The second kappa shape index (κ2) is 8.84. The zero-order chi connectivity index (χ0) is 18.3. The van der Waals surface area contributed by atoms with Crippen molar-refractivity contribution in [1.82, 2.24) is 0 Å². The van der Waals surface area contributed by atoms with Crippen LogP contribution in [0.1, 0.15) is 47.5 Å². The monoisotopic (exact) mass is 330 g/mol. The SMILES string of the molecule is CC(C=CC1=C(C)[C@@H](CO)CCC1(C)C)=CC=CC(C)=CC(=O)O. The first-order valence-electron chi connectivity index (χ1n) is 8.43. The van der Waals surface area contributed by atoms with Crippen molar-refractivity contribution < 1.29 is 15.0 Å². The van der Waals surface area contributed by atoms with E-state index in [-0.39, 0.29) is 17.9 Å². The minimum Gasteiger partial charge on any atom is -0.478 e. The highest BCUT2D eigenvalue weighted by Crippen LogP contribution is 2.43. The van der Waals surface area contributed by atoms with Gasteiger partial charge in [0, 0.05) is 18.6 Å². The highest BCUT2D eigenvalue weighted by Gasteiger charge is 2.31. The van der Waals surface area contributed by atoms with Crippen LogP contribution in [0.3, 0.4) is 0 Å². The molecule has 1 atom stereocenters. The summed E-state index contributed by atoms with van der Waals surface area (Å²) in [5, 5.41) is 18.2. The summed E-state index contributed by atoms with van der Waals surface area (Å²) in [5.74, 6) is -0.663. The predicted molar refractivity (Wildman–Crippen MR) is 99.7 cm³/mol. The molecule has 0 aromatic heterocycles. The molecular weight excluding hydrogens is 300 g/mol. The summed E-state index contributed by atoms with van der Waals surface area (Å²) in [6.07, 6.45) is 13.2. The third kappa shape index (κ3) is 5.97. The Balaban J connectivity index is 2.91. The van der Waals surface area contributed by atoms with Crippen molar-refractivity contribution in [3.05, 3.63) is 58.7 Å². The Bertz CT molecular complexity index is 613. The van der Waals surface area contributed by atoms with Crippen LogP contribution in [-0.2, 0) is 4.79 Å². The first-order chi connectivity index (χ1) is 11.2. The summed E-state index contributed by atoms with van der Waals surface area (Å²) < 4.78 is 0. The van der Waals surface area contributed by atoms with Crippen LogP contribution >= 0.6 is 0 Å². The van der Waals surface area contributed by atoms with Crippen LogP contribution in [0.2, 0.25) is 0 Å². The fraction of sp³-hybridized carbons (Fsp3) is 0.476. The minimum absolute atomic E-state index is 0.128. The number of rotatable bonds is 6. The molecule has 2 N–H and O–H groups in total. The van der Waals surface area contributed by atoms with Crippen molar-refractivity contribution in [2.24, 2.45) is 11.3 Å². The van der Waals surface area contributed by atoms with Crippen LogP contribution in [0, 0.1) is 11.3 Å². The molecule has 0 bridgehead atoms. The van der Waals surface area contributed by atoms with E-state index in [4.69, 9.17) is 5.11 Å². The van der Waals surface area contributed by atoms with E-state index in [9.17, 15) is 9.90 Å². The zero-order valence-corrected chi connectivity index (χ0v) is 15.5. The first kappa shape index (κ1) is 20.2. The molecule has 0 radical (unpaired) electrons. The van der Waals surface area contributed by atoms with Gasteiger partial charge in [0.1, 0.15) is 0 Å². The Morgan fingerprint density at radius 2 is 1.92 bits per heavy atom. The molecule has 3 nitrogen and oxygen atoms in total. The molecule has 24 heavy (non-hydrogen) atoms. The number of aliphatic carboxylic acids is 1. The van der Waals surface area contributed by atoms with E-state index >= 15 is 0 Å². The van der Waals surface area contributed by atoms with E-state index in [2.05, 4.69) is 32.9 Å². The van der Waals surface area contributed by atoms with Gasteiger partial charge in [0.25, 0.3) is 0 Å². The van der Waals surface area contributed by atoms with E-state index in [0.717, 1.165) is 18.4 Å². The third-order valence-electron chi connectivity index (χ3n) is 4.69. The predicted octanol–water partition coefficient (Wildman–Crippen LogP) is 4.82. The lowest BCUT2D eigenvalue weighted by atomic mass is 9.69. The number of carbonyl (C=O) groups is 1. The Morgan fingerprint density at radius 3 is 2.50 bits per heavy atom. The molecule has 0 saturated carbocycles. The maximum atomic E-state index is 10.6. The number of carboxylic acid groups (broad SMARTS) is 1. The zero-order valence-electron chi connectivity index (χ0n) is 15.5. The van der Waals surface area contributed by atoms with Crippen molar-refractivity contribution in [2.45, 2.75) is 47.5 Å². The van der Waals surface area contributed by atoms with Gasteiger partial charge in [-0.1, -0.05) is 55.4 Å². The summed E-state index contributed by atoms with van der Waals surface area (Å²) >= 11 is 0. The standard InChI is InChI=1S/C21H30O3/c1-15(7-6-8-16(2)13-20(23)24)9-10-19-17(3)18(14-22)11-12-21(19,4)5/h6-10,13,18,22H,11-12,14H2,1-5H3,(H,23,24)/t18-/m1/s1. The van der Waals surface area contributed by atoms with Gasteiger partial charge >= 0.3 is 5.97 Å². The lowest BCUT2D eigenvalue weighted by Crippen LogP contribution is -2.26. The van der Waals surface area contributed by atoms with E-state index in [1.165, 1.54) is 17.2 Å². The molecule has 0 spiro atoms. The van der Waals surface area contributed by atoms with E-state index < -0.39 is 5.97 Å². The largest absolute Gasteiger partial charge is 0.478 e. The average Bonchev–Trinajstić information content (AvgIpc) is 2.45. The van der Waals surface area contributed by atoms with Gasteiger partial charge in [-0.25, -0.2) is 4.79 Å². The number of aliphatic hydroxyl groups is 1. The lowest BCUT2D eigenvalue weighted by molar-refractivity contribution is -0.131. The van der Waals surface area contributed by atoms with Crippen LogP contribution < -0.4 is 0 Å². The number of hydrogen-bond donors (Lipinski definition) is 2. The van der Waals surface area contributed by atoms with Crippen molar-refractivity contribution in [2.75, 3.05) is 6.61 Å². The molecular formula is C21H30O3. The van der Waals surface area contributed by atoms with Gasteiger partial charge in [-0.05, 0) is 50.2 Å². The fourth-order valence-electron chi connectivity index (χ4n) is 3.09. The molecule has 1 rings (SSSR count). The Hall–Kier alpha value is -1.87. The summed E-state index contributed by atoms with van der Waals surface area (Å²) in [6, 6.07) is 0. The third-order valence-corrected chi connectivity index (χ3v) is 4.69. The molecule has 3 heteroatoms. The van der Waals surface area contributed by atoms with Crippen LogP contribution in [-0.4, -0.2) is 22.8 Å². The lowest BCUT2D eigenvalue weighted by Gasteiger charge is -2.36. The van der Waals surface area contributed by atoms with Crippen LogP contribution in [0.5, 0.6) is 0 Å². The van der Waals surface area contributed by atoms with Crippen LogP contribution in [0.15, 0.2) is 58.7 Å². The number of allylic oxidation sites excluding steroid dienone is 8. The number of hydrogen-bond acceptors (Lipinski definition) is 2. The molecule has 0 amide bonds. The molecule has 0 unspecified atom stereocenters. The topological polar surface area (TPSA) is 57.5 Å². The second-order valence-corrected chi connectivity index (χ2v) is 7.23. The number of aliphatic hydroxyl groups excluding tert-OH is 1. The smallest absolute Gasteiger partial charge is 0.328 e. The Labute approximate surface area is 145 Å². The van der Waals surface area contributed by atoms with Crippen LogP contribution in [0.25, 0.3) is 0 Å². The average molecular weight is 330 g/mol. The maximum absolute atomic E-state index is 10.6. The summed E-state index contributed by atoms with van der Waals surface area (Å²) in [4.78, 5) is 10.6. The normalized spacial score (nSPS) is 22.7. The van der Waals surface area contributed by atoms with Gasteiger partial charge in [0.05, 0.1) is 0 Å². The second-order valence-electron chi connectivity index (χ2n) is 7.23. The molecule has 1 aliphatic rings. The van der Waals surface area contributed by atoms with Gasteiger partial charge in [-0.2, -0.15) is 0 Å². The molecule has 0 aromatic rings. The van der Waals surface area contributed by atoms with E-state index in [1.807, 2.05) is 19.1 Å². The molecule has 0 aromatic carbocycles. The van der Waals surface area contributed by atoms with E-state index in [1.54, 1.807) is 13.0 Å². The number of carboxylic acids is 1. The first-order valence-corrected chi connectivity index (χ1v) is 8.43. The van der Waals surface area contributed by atoms with Crippen molar-refractivity contribution in [3.63, 3.8) is 0 Å². The van der Waals surface area contributed by atoms with Crippen molar-refractivity contribution in [1.29, 1.82) is 0 Å². The van der Waals surface area contributed by atoms with E-state index in [0.29, 0.717) is 5.57 Å². The van der Waals surface area contributed by atoms with Crippen LogP contribution in [0.4, 0.5) is 0 Å². The molecule has 0 saturated heterocycles. The van der Waals surface area contributed by atoms with Gasteiger partial charge in [0.2, 0.25) is 0 Å². The van der Waals surface area contributed by atoms with Gasteiger partial charge in [-0.3, -0.25) is 0 Å². The highest BCUT2D eigenvalue weighted by molar-refractivity contribution is 5.81. The summed E-state index contributed by atoms with van der Waals surface area (Å²) in [7, 11) is 0. The molecule has 0 fully saturated rings. The minimum atomic E-state index is -0.932. The summed E-state index contributed by atoms with van der Waals surface area (Å²) in [5.41, 5.74) is 4.52. The molecule has 132 valence electrons. The fourth-order valence-corrected chi connectivity index (χ4v) is 3.09. The van der Waals surface area contributed by atoms with Crippen molar-refractivity contribution >= 4 is 5.97 Å². The van der Waals surface area contributed by atoms with Gasteiger partial charge in [0.15, 0.2) is 0 Å². The Kier molecular flexibility index (Phi) is 7.43. The van der Waals surface area contributed by atoms with Gasteiger partial charge in [-0.15, -0.1) is 0 Å². The molecule has 0 heterocycles.